The van der Waals surface area contributed by atoms with Crippen LogP contribution in [0.2, 0.25) is 0 Å². The molecule has 1 saturated heterocycles. The molecule has 1 aliphatic rings. The lowest BCUT2D eigenvalue weighted by molar-refractivity contribution is -0.294. The summed E-state index contributed by atoms with van der Waals surface area (Å²) in [5.41, 5.74) is 0. The minimum atomic E-state index is -3.08. The first-order valence-electron chi connectivity index (χ1n) is 7.93. The normalized spacial score (nSPS) is 32.4. The molecular formula is C13H25NO12P+. The van der Waals surface area contributed by atoms with Crippen molar-refractivity contribution >= 4 is 14.2 Å². The van der Waals surface area contributed by atoms with Crippen LogP contribution in [0.1, 0.15) is 6.92 Å². The van der Waals surface area contributed by atoms with Gasteiger partial charge in [0, 0.05) is 11.5 Å². The summed E-state index contributed by atoms with van der Waals surface area (Å²) in [5, 5.41) is 60.2. The maximum atomic E-state index is 11.4. The summed E-state index contributed by atoms with van der Waals surface area (Å²) in [6.45, 7) is -1.18. The van der Waals surface area contributed by atoms with Gasteiger partial charge in [-0.25, -0.2) is 0 Å². The highest BCUT2D eigenvalue weighted by Crippen LogP contribution is 2.25. The Kier molecular flexibility index (Phi) is 10.1. The molecule has 1 heterocycles. The van der Waals surface area contributed by atoms with E-state index in [-0.39, 0.29) is 0 Å². The maximum absolute atomic E-state index is 11.4. The van der Waals surface area contributed by atoms with Gasteiger partial charge < -0.3 is 45.4 Å². The molecule has 0 aliphatic carbocycles. The second-order valence-corrected chi connectivity index (χ2v) is 6.62. The van der Waals surface area contributed by atoms with Gasteiger partial charge in [0.15, 0.2) is 6.29 Å². The molecule has 13 nitrogen and oxygen atoms in total. The van der Waals surface area contributed by atoms with Crippen molar-refractivity contribution in [3.63, 3.8) is 0 Å². The third kappa shape index (κ3) is 6.93. The number of hydrogen-bond acceptors (Lipinski definition) is 11. The molecule has 1 amide bonds. The number of ether oxygens (including phenoxy) is 2. The molecule has 0 bridgehead atoms. The minimum Gasteiger partial charge on any atom is -0.394 e. The molecule has 27 heavy (non-hydrogen) atoms. The van der Waals surface area contributed by atoms with Gasteiger partial charge in [0.2, 0.25) is 5.91 Å². The summed E-state index contributed by atoms with van der Waals surface area (Å²) in [6, 6.07) is -1.34. The van der Waals surface area contributed by atoms with Gasteiger partial charge in [-0.15, -0.1) is 9.42 Å². The van der Waals surface area contributed by atoms with Crippen LogP contribution in [0.5, 0.6) is 0 Å². The van der Waals surface area contributed by atoms with E-state index in [2.05, 4.69) is 9.84 Å². The third-order valence-corrected chi connectivity index (χ3v) is 4.24. The number of amides is 1. The van der Waals surface area contributed by atoms with Crippen LogP contribution in [0.4, 0.5) is 0 Å². The lowest BCUT2D eigenvalue weighted by Crippen LogP contribution is -2.65. The fourth-order valence-corrected chi connectivity index (χ4v) is 2.74. The topological polar surface area (TPSA) is 215 Å². The highest BCUT2D eigenvalue weighted by atomic mass is 31.1. The molecule has 0 spiro atoms. The number of carbonyl (C=O) groups excluding carboxylic acids is 1. The summed E-state index contributed by atoms with van der Waals surface area (Å²) in [5.74, 6) is -0.618. The quantitative estimate of drug-likeness (QED) is 0.158. The highest BCUT2D eigenvalue weighted by molar-refractivity contribution is 7.32. The minimum absolute atomic E-state index is 0.618. The number of nitrogens with one attached hydrogen (secondary N) is 1. The van der Waals surface area contributed by atoms with Crippen molar-refractivity contribution in [3.05, 3.63) is 0 Å². The Labute approximate surface area is 155 Å². The predicted octanol–water partition coefficient (Wildman–Crippen LogP) is -4.30. The van der Waals surface area contributed by atoms with E-state index in [1.54, 1.807) is 0 Å². The number of aliphatic hydroxyl groups is 6. The van der Waals surface area contributed by atoms with Crippen molar-refractivity contribution in [1.29, 1.82) is 0 Å². The summed E-state index contributed by atoms with van der Waals surface area (Å²) in [4.78, 5) is 20.1. The third-order valence-electron chi connectivity index (χ3n) is 3.87. The summed E-state index contributed by atoms with van der Waals surface area (Å²) in [7, 11) is -3.08. The van der Waals surface area contributed by atoms with E-state index in [1.807, 2.05) is 0 Å². The van der Waals surface area contributed by atoms with Gasteiger partial charge in [-0.3, -0.25) is 4.79 Å². The van der Waals surface area contributed by atoms with Crippen LogP contribution < -0.4 is 5.32 Å². The van der Waals surface area contributed by atoms with Gasteiger partial charge >= 0.3 is 8.25 Å². The Morgan fingerprint density at radius 2 is 1.89 bits per heavy atom. The van der Waals surface area contributed by atoms with Crippen molar-refractivity contribution < 1.29 is 58.9 Å². The Bertz CT molecular complexity index is 496. The van der Waals surface area contributed by atoms with E-state index in [0.717, 1.165) is 6.92 Å². The molecule has 0 saturated carbocycles. The Hall–Kier alpha value is -0.830. The zero-order valence-corrected chi connectivity index (χ0v) is 15.3. The average Bonchev–Trinajstić information content (AvgIpc) is 2.62. The second-order valence-electron chi connectivity index (χ2n) is 5.88. The Morgan fingerprint density at radius 3 is 2.37 bits per heavy atom. The van der Waals surface area contributed by atoms with Crippen LogP contribution in [-0.2, 0) is 23.4 Å². The lowest BCUT2D eigenvalue weighted by atomic mass is 9.96. The molecule has 6 unspecified atom stereocenters. The predicted molar refractivity (Wildman–Crippen MR) is 85.1 cm³/mol. The highest BCUT2D eigenvalue weighted by Gasteiger charge is 2.47. The fraction of sp³-hybridized carbons (Fsp3) is 0.923. The van der Waals surface area contributed by atoms with E-state index < -0.39 is 82.9 Å². The van der Waals surface area contributed by atoms with Crippen LogP contribution in [0.25, 0.3) is 0 Å². The van der Waals surface area contributed by atoms with E-state index in [0.29, 0.717) is 0 Å². The first-order chi connectivity index (χ1) is 12.6. The first-order valence-corrected chi connectivity index (χ1v) is 9.06. The molecule has 0 aromatic rings. The smallest absolute Gasteiger partial charge is 0.394 e. The zero-order valence-electron chi connectivity index (χ0n) is 14.4. The van der Waals surface area contributed by atoms with Crippen molar-refractivity contribution in [1.82, 2.24) is 5.32 Å². The zero-order chi connectivity index (χ0) is 20.7. The van der Waals surface area contributed by atoms with Crippen molar-refractivity contribution in [2.24, 2.45) is 0 Å². The van der Waals surface area contributed by atoms with E-state index in [9.17, 15) is 34.9 Å². The summed E-state index contributed by atoms with van der Waals surface area (Å²) >= 11 is 0. The van der Waals surface area contributed by atoms with Gasteiger partial charge in [0.05, 0.1) is 13.2 Å². The van der Waals surface area contributed by atoms with Crippen molar-refractivity contribution in [2.45, 2.75) is 55.9 Å². The fourth-order valence-electron chi connectivity index (χ4n) is 2.47. The van der Waals surface area contributed by atoms with E-state index in [4.69, 9.17) is 19.5 Å². The molecule has 1 aliphatic heterocycles. The monoisotopic (exact) mass is 418 g/mol. The Morgan fingerprint density at radius 1 is 1.26 bits per heavy atom. The summed E-state index contributed by atoms with van der Waals surface area (Å²) < 4.78 is 25.9. The van der Waals surface area contributed by atoms with Crippen LogP contribution in [-0.4, -0.2) is 110 Å². The van der Waals surface area contributed by atoms with Gasteiger partial charge in [0.25, 0.3) is 0 Å². The first kappa shape index (κ1) is 24.2. The molecule has 0 aromatic carbocycles. The van der Waals surface area contributed by atoms with E-state index in [1.165, 1.54) is 0 Å². The molecule has 1 rings (SSSR count). The van der Waals surface area contributed by atoms with Crippen LogP contribution in [0, 0.1) is 0 Å². The molecule has 0 aromatic heterocycles. The van der Waals surface area contributed by atoms with Gasteiger partial charge in [-0.05, 0) is 0 Å². The molecule has 9 atom stereocenters. The van der Waals surface area contributed by atoms with Gasteiger partial charge in [0.1, 0.15) is 49.3 Å². The van der Waals surface area contributed by atoms with Crippen LogP contribution in [0.3, 0.4) is 0 Å². The van der Waals surface area contributed by atoms with Crippen LogP contribution in [0.15, 0.2) is 0 Å². The number of hydrogen-bond donors (Lipinski definition) is 8. The molecule has 14 heteroatoms. The maximum Gasteiger partial charge on any atom is 0.694 e. The van der Waals surface area contributed by atoms with Gasteiger partial charge in [-0.1, -0.05) is 0 Å². The van der Waals surface area contributed by atoms with Crippen molar-refractivity contribution in [3.8, 4) is 0 Å². The largest absolute Gasteiger partial charge is 0.694 e. The molecule has 158 valence electrons. The average molecular weight is 418 g/mol. The molecular weight excluding hydrogens is 393 g/mol. The molecule has 1 fully saturated rings. The Balaban J connectivity index is 3.03. The van der Waals surface area contributed by atoms with E-state index >= 15 is 0 Å². The van der Waals surface area contributed by atoms with Gasteiger partial charge in [-0.2, -0.15) is 0 Å². The lowest BCUT2D eigenvalue weighted by Gasteiger charge is -2.43. The summed E-state index contributed by atoms with van der Waals surface area (Å²) in [6.07, 6.45) is -11.1. The number of carbonyl (C=O) groups is 1. The SMILES string of the molecule is CC(=O)NC1[C@H](OC(CO[P+](=O)O)C(O)C(O)CO)OC(CO)[C@H](O)[C@@H]1O. The number of rotatable bonds is 10. The standard InChI is InChI=1S/C13H24NO12P/c1-5(17)14-9-12(21)11(20)7(3-16)25-13(9)26-8(4-24-27(22)23)10(19)6(18)2-15/h6-13,15-16,18-21H,2-4H2,1H3,(H-,14,17,22,23)/p+1/t6?,7?,8?,9?,10?,11-,12+,13-/m0/s1. The second kappa shape index (κ2) is 11.2. The number of aliphatic hydroxyl groups excluding tert-OH is 6. The van der Waals surface area contributed by atoms with Crippen LogP contribution >= 0.6 is 8.25 Å². The molecule has 8 N–H and O–H groups in total. The van der Waals surface area contributed by atoms with Crippen molar-refractivity contribution in [2.75, 3.05) is 19.8 Å². The molecule has 0 radical (unpaired) electrons.